The first-order valence-corrected chi connectivity index (χ1v) is 11.6. The molecule has 1 amide bonds. The average molecular weight is 439 g/mol. The Labute approximate surface area is 191 Å². The zero-order valence-corrected chi connectivity index (χ0v) is 19.2. The van der Waals surface area contributed by atoms with E-state index >= 15 is 0 Å². The highest BCUT2D eigenvalue weighted by Gasteiger charge is 2.26. The Hall–Kier alpha value is -2.57. The van der Waals surface area contributed by atoms with Gasteiger partial charge in [-0.1, -0.05) is 24.3 Å². The Morgan fingerprint density at radius 3 is 2.28 bits per heavy atom. The zero-order valence-electron chi connectivity index (χ0n) is 19.2. The molecule has 0 unspecified atom stereocenters. The van der Waals surface area contributed by atoms with Gasteiger partial charge in [0.25, 0.3) is 5.91 Å². The third kappa shape index (κ3) is 5.61. The standard InChI is InChI=1S/C26H34N2O4/c1-30-23-7-8-24(25(18-23)31-2)26(29)28-11-9-21(10-12-28)17-20-3-5-22(6-4-20)19-27-13-15-32-16-14-27/h3-8,18,21H,9-17,19H2,1-2H3. The lowest BCUT2D eigenvalue weighted by Gasteiger charge is -2.32. The summed E-state index contributed by atoms with van der Waals surface area (Å²) in [6, 6.07) is 14.4. The first-order valence-electron chi connectivity index (χ1n) is 11.6. The molecule has 0 aromatic heterocycles. The number of carbonyl (C=O) groups is 1. The van der Waals surface area contributed by atoms with Crippen LogP contribution in [0, 0.1) is 5.92 Å². The van der Waals surface area contributed by atoms with E-state index in [0.717, 1.165) is 65.2 Å². The van der Waals surface area contributed by atoms with Crippen LogP contribution in [0.15, 0.2) is 42.5 Å². The molecule has 6 nitrogen and oxygen atoms in total. The van der Waals surface area contributed by atoms with Crippen LogP contribution in [0.25, 0.3) is 0 Å². The molecule has 6 heteroatoms. The van der Waals surface area contributed by atoms with Gasteiger partial charge in [0.2, 0.25) is 0 Å². The Morgan fingerprint density at radius 1 is 0.938 bits per heavy atom. The Kier molecular flexibility index (Phi) is 7.66. The van der Waals surface area contributed by atoms with E-state index in [-0.39, 0.29) is 5.91 Å². The molecule has 0 saturated carbocycles. The Bertz CT molecular complexity index is 885. The minimum absolute atomic E-state index is 0.0374. The molecule has 2 saturated heterocycles. The fourth-order valence-corrected chi connectivity index (χ4v) is 4.62. The number of methoxy groups -OCH3 is 2. The molecule has 0 aliphatic carbocycles. The summed E-state index contributed by atoms with van der Waals surface area (Å²) in [6.45, 7) is 6.28. The van der Waals surface area contributed by atoms with Gasteiger partial charge in [0, 0.05) is 38.8 Å². The quantitative estimate of drug-likeness (QED) is 0.661. The van der Waals surface area contributed by atoms with Crippen LogP contribution in [0.5, 0.6) is 11.5 Å². The van der Waals surface area contributed by atoms with Crippen molar-refractivity contribution < 1.29 is 19.0 Å². The molecule has 4 rings (SSSR count). The topological polar surface area (TPSA) is 51.2 Å². The van der Waals surface area contributed by atoms with Crippen molar-refractivity contribution >= 4 is 5.91 Å². The maximum absolute atomic E-state index is 13.0. The molecule has 2 aromatic rings. The number of nitrogens with zero attached hydrogens (tertiary/aromatic N) is 2. The Balaban J connectivity index is 1.28. The molecule has 32 heavy (non-hydrogen) atoms. The third-order valence-corrected chi connectivity index (χ3v) is 6.60. The van der Waals surface area contributed by atoms with Crippen LogP contribution in [0.4, 0.5) is 0 Å². The monoisotopic (exact) mass is 438 g/mol. The van der Waals surface area contributed by atoms with Crippen LogP contribution >= 0.6 is 0 Å². The summed E-state index contributed by atoms with van der Waals surface area (Å²) < 4.78 is 16.1. The molecule has 2 aliphatic rings. The van der Waals surface area contributed by atoms with Crippen LogP contribution in [0.2, 0.25) is 0 Å². The van der Waals surface area contributed by atoms with Gasteiger partial charge in [-0.25, -0.2) is 0 Å². The number of benzene rings is 2. The summed E-state index contributed by atoms with van der Waals surface area (Å²) >= 11 is 0. The van der Waals surface area contributed by atoms with Gasteiger partial charge in [-0.3, -0.25) is 9.69 Å². The number of ether oxygens (including phenoxy) is 3. The number of rotatable bonds is 7. The fourth-order valence-electron chi connectivity index (χ4n) is 4.62. The van der Waals surface area contributed by atoms with Crippen molar-refractivity contribution in [3.8, 4) is 11.5 Å². The molecule has 2 fully saturated rings. The number of hydrogen-bond donors (Lipinski definition) is 0. The van der Waals surface area contributed by atoms with Gasteiger partial charge >= 0.3 is 0 Å². The lowest BCUT2D eigenvalue weighted by atomic mass is 9.89. The summed E-state index contributed by atoms with van der Waals surface area (Å²) in [5, 5.41) is 0. The minimum atomic E-state index is 0.0374. The van der Waals surface area contributed by atoms with Crippen molar-refractivity contribution in [1.82, 2.24) is 9.80 Å². The largest absolute Gasteiger partial charge is 0.497 e. The van der Waals surface area contributed by atoms with Crippen molar-refractivity contribution in [2.24, 2.45) is 5.92 Å². The summed E-state index contributed by atoms with van der Waals surface area (Å²) in [7, 11) is 3.20. The summed E-state index contributed by atoms with van der Waals surface area (Å²) in [5.41, 5.74) is 3.35. The van der Waals surface area contributed by atoms with Crippen molar-refractivity contribution in [3.05, 3.63) is 59.2 Å². The highest BCUT2D eigenvalue weighted by molar-refractivity contribution is 5.97. The molecule has 0 bridgehead atoms. The van der Waals surface area contributed by atoms with Gasteiger partial charge < -0.3 is 19.1 Å². The van der Waals surface area contributed by atoms with Gasteiger partial charge in [-0.2, -0.15) is 0 Å². The van der Waals surface area contributed by atoms with Crippen molar-refractivity contribution in [3.63, 3.8) is 0 Å². The van der Waals surface area contributed by atoms with Crippen LogP contribution in [0.1, 0.15) is 34.3 Å². The van der Waals surface area contributed by atoms with E-state index in [9.17, 15) is 4.79 Å². The first-order chi connectivity index (χ1) is 15.7. The number of likely N-dealkylation sites (tertiary alicyclic amines) is 1. The molecule has 0 atom stereocenters. The summed E-state index contributed by atoms with van der Waals surface area (Å²) in [5.74, 6) is 1.90. The van der Waals surface area contributed by atoms with Crippen LogP contribution in [0.3, 0.4) is 0 Å². The average Bonchev–Trinajstić information content (AvgIpc) is 2.85. The van der Waals surface area contributed by atoms with Crippen LogP contribution in [-0.4, -0.2) is 69.3 Å². The second kappa shape index (κ2) is 10.8. The van der Waals surface area contributed by atoms with E-state index in [4.69, 9.17) is 14.2 Å². The maximum atomic E-state index is 13.0. The SMILES string of the molecule is COc1ccc(C(=O)N2CCC(Cc3ccc(CN4CCOCC4)cc3)CC2)c(OC)c1. The maximum Gasteiger partial charge on any atom is 0.257 e. The number of morpholine rings is 1. The molecule has 172 valence electrons. The van der Waals surface area contributed by atoms with Crippen molar-refractivity contribution in [2.75, 3.05) is 53.6 Å². The number of amides is 1. The molecule has 2 aliphatic heterocycles. The van der Waals surface area contributed by atoms with Gasteiger partial charge in [-0.05, 0) is 48.4 Å². The van der Waals surface area contributed by atoms with E-state index in [1.165, 1.54) is 11.1 Å². The Morgan fingerprint density at radius 2 is 1.62 bits per heavy atom. The number of hydrogen-bond acceptors (Lipinski definition) is 5. The van der Waals surface area contributed by atoms with E-state index < -0.39 is 0 Å². The van der Waals surface area contributed by atoms with E-state index in [1.807, 2.05) is 11.0 Å². The highest BCUT2D eigenvalue weighted by Crippen LogP contribution is 2.28. The van der Waals surface area contributed by atoms with Gasteiger partial charge in [0.15, 0.2) is 0 Å². The van der Waals surface area contributed by atoms with Crippen LogP contribution in [-0.2, 0) is 17.7 Å². The van der Waals surface area contributed by atoms with Gasteiger partial charge in [-0.15, -0.1) is 0 Å². The smallest absolute Gasteiger partial charge is 0.257 e. The van der Waals surface area contributed by atoms with Crippen molar-refractivity contribution in [1.29, 1.82) is 0 Å². The number of carbonyl (C=O) groups excluding carboxylic acids is 1. The lowest BCUT2D eigenvalue weighted by Crippen LogP contribution is -2.39. The summed E-state index contributed by atoms with van der Waals surface area (Å²) in [6.07, 6.45) is 3.13. The number of piperidine rings is 1. The normalized spacial score (nSPS) is 17.9. The predicted molar refractivity (Wildman–Crippen MR) is 124 cm³/mol. The second-order valence-corrected chi connectivity index (χ2v) is 8.71. The first kappa shape index (κ1) is 22.6. The second-order valence-electron chi connectivity index (χ2n) is 8.71. The van der Waals surface area contributed by atoms with Gasteiger partial charge in [0.05, 0.1) is 33.0 Å². The molecule has 0 spiro atoms. The zero-order chi connectivity index (χ0) is 22.3. The van der Waals surface area contributed by atoms with Crippen molar-refractivity contribution in [2.45, 2.75) is 25.8 Å². The third-order valence-electron chi connectivity index (χ3n) is 6.60. The van der Waals surface area contributed by atoms with E-state index in [0.29, 0.717) is 23.0 Å². The van der Waals surface area contributed by atoms with E-state index in [2.05, 4.69) is 29.2 Å². The lowest BCUT2D eigenvalue weighted by molar-refractivity contribution is 0.0342. The molecule has 0 N–H and O–H groups in total. The molecular weight excluding hydrogens is 404 g/mol. The molecule has 2 heterocycles. The van der Waals surface area contributed by atoms with Gasteiger partial charge in [0.1, 0.15) is 11.5 Å². The summed E-state index contributed by atoms with van der Waals surface area (Å²) in [4.78, 5) is 17.4. The van der Waals surface area contributed by atoms with Crippen LogP contribution < -0.4 is 9.47 Å². The van der Waals surface area contributed by atoms with E-state index in [1.54, 1.807) is 26.4 Å². The predicted octanol–water partition coefficient (Wildman–Crippen LogP) is 3.63. The molecular formula is C26H34N2O4. The minimum Gasteiger partial charge on any atom is -0.497 e. The highest BCUT2D eigenvalue weighted by atomic mass is 16.5. The fraction of sp³-hybridized carbons (Fsp3) is 0.500. The molecule has 0 radical (unpaired) electrons. The molecule has 2 aromatic carbocycles.